The van der Waals surface area contributed by atoms with Crippen LogP contribution >= 0.6 is 0 Å². The van der Waals surface area contributed by atoms with Crippen molar-refractivity contribution in [3.8, 4) is 0 Å². The van der Waals surface area contributed by atoms with Gasteiger partial charge in [-0.1, -0.05) is 5.16 Å². The fraction of sp³-hybridized carbons (Fsp3) is 0.579. The third-order valence-electron chi connectivity index (χ3n) is 5.98. The first-order valence-corrected chi connectivity index (χ1v) is 9.09. The van der Waals surface area contributed by atoms with Gasteiger partial charge in [0.2, 0.25) is 0 Å². The maximum atomic E-state index is 12.5. The highest BCUT2D eigenvalue weighted by Gasteiger charge is 2.44. The minimum absolute atomic E-state index is 0.00937. The van der Waals surface area contributed by atoms with Gasteiger partial charge in [-0.2, -0.15) is 0 Å². The van der Waals surface area contributed by atoms with Gasteiger partial charge in [-0.05, 0) is 58.2 Å². The number of rotatable bonds is 3. The van der Waals surface area contributed by atoms with E-state index in [0.29, 0.717) is 5.76 Å². The fourth-order valence-electron chi connectivity index (χ4n) is 4.41. The number of amides is 1. The number of carbonyl (C=O) groups is 1. The molecule has 2 aliphatic heterocycles. The zero-order chi connectivity index (χ0) is 17.4. The third kappa shape index (κ3) is 2.88. The van der Waals surface area contributed by atoms with Gasteiger partial charge in [-0.25, -0.2) is 0 Å². The maximum Gasteiger partial charge on any atom is 0.289 e. The lowest BCUT2D eigenvalue weighted by atomic mass is 9.84. The molecule has 25 heavy (non-hydrogen) atoms. The van der Waals surface area contributed by atoms with Crippen LogP contribution in [0.5, 0.6) is 0 Å². The van der Waals surface area contributed by atoms with Gasteiger partial charge in [0.15, 0.2) is 5.76 Å². The molecule has 0 bridgehead atoms. The van der Waals surface area contributed by atoms with E-state index in [9.17, 15) is 4.79 Å². The van der Waals surface area contributed by atoms with Crippen molar-refractivity contribution < 1.29 is 13.7 Å². The number of aryl methyl sites for hydroxylation is 2. The number of furan rings is 1. The number of likely N-dealkylation sites (tertiary alicyclic amines) is 2. The van der Waals surface area contributed by atoms with Crippen LogP contribution in [0.15, 0.2) is 27.3 Å². The summed E-state index contributed by atoms with van der Waals surface area (Å²) in [5.41, 5.74) is 2.41. The van der Waals surface area contributed by atoms with Crippen LogP contribution in [0.1, 0.15) is 53.3 Å². The molecule has 134 valence electrons. The third-order valence-corrected chi connectivity index (χ3v) is 5.98. The van der Waals surface area contributed by atoms with E-state index >= 15 is 0 Å². The van der Waals surface area contributed by atoms with Crippen LogP contribution in [0.4, 0.5) is 0 Å². The van der Waals surface area contributed by atoms with E-state index in [4.69, 9.17) is 8.94 Å². The number of piperidine rings is 1. The summed E-state index contributed by atoms with van der Waals surface area (Å²) in [6, 6.07) is 3.51. The lowest BCUT2D eigenvalue weighted by Gasteiger charge is -2.45. The standard InChI is InChI=1S/C19H25N3O3/c1-14-16(15(2)25-20-14)13-22-9-4-6-19(22)7-10-21(11-8-19)18(23)17-5-3-12-24-17/h3,5,12H,4,6-11,13H2,1-2H3. The van der Waals surface area contributed by atoms with E-state index in [1.54, 1.807) is 18.4 Å². The summed E-state index contributed by atoms with van der Waals surface area (Å²) in [5, 5.41) is 4.09. The summed E-state index contributed by atoms with van der Waals surface area (Å²) in [6.45, 7) is 7.58. The Kier molecular flexibility index (Phi) is 4.15. The molecule has 1 amide bonds. The number of hydrogen-bond acceptors (Lipinski definition) is 5. The van der Waals surface area contributed by atoms with Gasteiger partial charge in [0.25, 0.3) is 5.91 Å². The van der Waals surface area contributed by atoms with Crippen molar-refractivity contribution in [2.75, 3.05) is 19.6 Å². The average molecular weight is 343 g/mol. The van der Waals surface area contributed by atoms with Crippen molar-refractivity contribution in [2.24, 2.45) is 0 Å². The van der Waals surface area contributed by atoms with Crippen LogP contribution in [0, 0.1) is 13.8 Å². The van der Waals surface area contributed by atoms with E-state index in [-0.39, 0.29) is 11.4 Å². The topological polar surface area (TPSA) is 62.7 Å². The number of aromatic nitrogens is 1. The molecular weight excluding hydrogens is 318 g/mol. The van der Waals surface area contributed by atoms with Gasteiger partial charge < -0.3 is 13.8 Å². The van der Waals surface area contributed by atoms with E-state index in [2.05, 4.69) is 10.1 Å². The van der Waals surface area contributed by atoms with E-state index in [1.165, 1.54) is 18.4 Å². The Morgan fingerprint density at radius 3 is 2.68 bits per heavy atom. The van der Waals surface area contributed by atoms with Crippen LogP contribution in [-0.2, 0) is 6.54 Å². The Bertz CT molecular complexity index is 723. The monoisotopic (exact) mass is 343 g/mol. The molecule has 2 fully saturated rings. The zero-order valence-electron chi connectivity index (χ0n) is 15.0. The lowest BCUT2D eigenvalue weighted by molar-refractivity contribution is 0.0363. The van der Waals surface area contributed by atoms with Gasteiger partial charge in [0.1, 0.15) is 5.76 Å². The molecule has 6 heteroatoms. The largest absolute Gasteiger partial charge is 0.459 e. The molecule has 0 unspecified atom stereocenters. The predicted octanol–water partition coefficient (Wildman–Crippen LogP) is 3.16. The Morgan fingerprint density at radius 1 is 1.24 bits per heavy atom. The van der Waals surface area contributed by atoms with Crippen molar-refractivity contribution in [1.29, 1.82) is 0 Å². The van der Waals surface area contributed by atoms with Crippen molar-refractivity contribution in [2.45, 2.75) is 51.6 Å². The van der Waals surface area contributed by atoms with Crippen LogP contribution in [0.25, 0.3) is 0 Å². The molecule has 0 saturated carbocycles. The molecule has 2 saturated heterocycles. The van der Waals surface area contributed by atoms with Crippen molar-refractivity contribution >= 4 is 5.91 Å². The molecule has 0 atom stereocenters. The minimum Gasteiger partial charge on any atom is -0.459 e. The number of carbonyl (C=O) groups excluding carboxylic acids is 1. The second-order valence-electron chi connectivity index (χ2n) is 7.32. The molecule has 0 aromatic carbocycles. The highest BCUT2D eigenvalue weighted by Crippen LogP contribution is 2.40. The average Bonchev–Trinajstić information content (AvgIpc) is 3.34. The quantitative estimate of drug-likeness (QED) is 0.857. The zero-order valence-corrected chi connectivity index (χ0v) is 15.0. The van der Waals surface area contributed by atoms with Crippen molar-refractivity contribution in [3.63, 3.8) is 0 Å². The molecule has 2 aromatic heterocycles. The number of nitrogens with zero attached hydrogens (tertiary/aromatic N) is 3. The molecule has 0 aliphatic carbocycles. The van der Waals surface area contributed by atoms with Gasteiger partial charge in [0.05, 0.1) is 12.0 Å². The summed E-state index contributed by atoms with van der Waals surface area (Å²) in [4.78, 5) is 17.0. The summed E-state index contributed by atoms with van der Waals surface area (Å²) < 4.78 is 10.6. The molecule has 6 nitrogen and oxygen atoms in total. The minimum atomic E-state index is 0.00937. The van der Waals surface area contributed by atoms with Gasteiger partial charge in [-0.15, -0.1) is 0 Å². The van der Waals surface area contributed by atoms with Gasteiger partial charge in [-0.3, -0.25) is 9.69 Å². The van der Waals surface area contributed by atoms with Gasteiger partial charge >= 0.3 is 0 Å². The Labute approximate surface area is 147 Å². The first-order chi connectivity index (χ1) is 12.1. The van der Waals surface area contributed by atoms with E-state index < -0.39 is 0 Å². The van der Waals surface area contributed by atoms with E-state index in [1.807, 2.05) is 18.7 Å². The SMILES string of the molecule is Cc1noc(C)c1CN1CCCC12CCN(C(=O)c1ccco1)CC2. The predicted molar refractivity (Wildman–Crippen MR) is 92.2 cm³/mol. The Hall–Kier alpha value is -2.08. The molecule has 4 heterocycles. The van der Waals surface area contributed by atoms with E-state index in [0.717, 1.165) is 50.5 Å². The van der Waals surface area contributed by atoms with Crippen molar-refractivity contribution in [3.05, 3.63) is 41.2 Å². The highest BCUT2D eigenvalue weighted by atomic mass is 16.5. The lowest BCUT2D eigenvalue weighted by Crippen LogP contribution is -2.53. The van der Waals surface area contributed by atoms with Crippen LogP contribution in [-0.4, -0.2) is 46.0 Å². The van der Waals surface area contributed by atoms with Crippen LogP contribution in [0.3, 0.4) is 0 Å². The highest BCUT2D eigenvalue weighted by molar-refractivity contribution is 5.91. The summed E-state index contributed by atoms with van der Waals surface area (Å²) in [6.07, 6.45) is 6.02. The normalized spacial score (nSPS) is 20.5. The molecule has 2 aliphatic rings. The summed E-state index contributed by atoms with van der Waals surface area (Å²) in [5.74, 6) is 1.37. The molecular formula is C19H25N3O3. The Morgan fingerprint density at radius 2 is 2.04 bits per heavy atom. The number of hydrogen-bond donors (Lipinski definition) is 0. The summed E-state index contributed by atoms with van der Waals surface area (Å²) >= 11 is 0. The Balaban J connectivity index is 1.45. The molecule has 2 aromatic rings. The smallest absolute Gasteiger partial charge is 0.289 e. The second-order valence-corrected chi connectivity index (χ2v) is 7.32. The summed E-state index contributed by atoms with van der Waals surface area (Å²) in [7, 11) is 0. The molecule has 4 rings (SSSR count). The maximum absolute atomic E-state index is 12.5. The first-order valence-electron chi connectivity index (χ1n) is 9.09. The molecule has 0 N–H and O–H groups in total. The fourth-order valence-corrected chi connectivity index (χ4v) is 4.41. The second kappa shape index (κ2) is 6.33. The first kappa shape index (κ1) is 16.4. The van der Waals surface area contributed by atoms with Crippen LogP contribution < -0.4 is 0 Å². The van der Waals surface area contributed by atoms with Crippen LogP contribution in [0.2, 0.25) is 0 Å². The molecule has 1 spiro atoms. The van der Waals surface area contributed by atoms with Crippen molar-refractivity contribution in [1.82, 2.24) is 15.0 Å². The molecule has 0 radical (unpaired) electrons. The van der Waals surface area contributed by atoms with Gasteiger partial charge in [0, 0.05) is 30.7 Å².